The molecule has 1 aromatic carbocycles. The maximum atomic E-state index is 2.75. The summed E-state index contributed by atoms with van der Waals surface area (Å²) in [6, 6.07) is 9.99. The molecule has 3 heterocycles. The largest absolute Gasteiger partial charge is 0.341 e. The monoisotopic (exact) mass is 715 g/mol. The first-order valence-corrected chi connectivity index (χ1v) is 22.0. The smallest absolute Gasteiger partial charge is 0.0623 e. The van der Waals surface area contributed by atoms with Gasteiger partial charge in [0.15, 0.2) is 0 Å². The van der Waals surface area contributed by atoms with Gasteiger partial charge < -0.3 is 4.90 Å². The fraction of sp³-hybridized carbons (Fsp3) is 0.388. The predicted octanol–water partition coefficient (Wildman–Crippen LogP) is 11.9. The van der Waals surface area contributed by atoms with Crippen LogP contribution < -0.4 is 0 Å². The van der Waals surface area contributed by atoms with E-state index < -0.39 is 0 Å². The van der Waals surface area contributed by atoms with Crippen LogP contribution in [0, 0.1) is 35.5 Å². The van der Waals surface area contributed by atoms with Crippen molar-refractivity contribution in [1.29, 1.82) is 0 Å². The number of rotatable bonds is 3. The van der Waals surface area contributed by atoms with Gasteiger partial charge in [0, 0.05) is 61.1 Å². The van der Waals surface area contributed by atoms with Gasteiger partial charge in [-0.25, -0.2) is 0 Å². The highest BCUT2D eigenvalue weighted by molar-refractivity contribution is 8.00. The molecule has 1 saturated heterocycles. The van der Waals surface area contributed by atoms with Gasteiger partial charge in [-0.1, -0.05) is 128 Å². The summed E-state index contributed by atoms with van der Waals surface area (Å²) in [4.78, 5) is 4.25. The molecule has 0 bridgehead atoms. The van der Waals surface area contributed by atoms with E-state index in [1.165, 1.54) is 36.3 Å². The molecular weight excluding hydrogens is 667 g/mol. The summed E-state index contributed by atoms with van der Waals surface area (Å²) in [5.41, 5.74) is 9.47. The lowest BCUT2D eigenvalue weighted by atomic mass is 9.49. The Hall–Kier alpha value is -3.40. The zero-order valence-corrected chi connectivity index (χ0v) is 31.6. The molecule has 1 fully saturated rings. The number of hydrogen-bond donors (Lipinski definition) is 0. The highest BCUT2D eigenvalue weighted by Gasteiger charge is 2.63. The highest BCUT2D eigenvalue weighted by Crippen LogP contribution is 2.68. The van der Waals surface area contributed by atoms with Crippen molar-refractivity contribution in [3.8, 4) is 0 Å². The van der Waals surface area contributed by atoms with Crippen molar-refractivity contribution in [2.75, 3.05) is 0 Å². The van der Waals surface area contributed by atoms with Gasteiger partial charge in [0.2, 0.25) is 0 Å². The molecule has 11 unspecified atom stereocenters. The van der Waals surface area contributed by atoms with Crippen molar-refractivity contribution >= 4 is 23.5 Å². The van der Waals surface area contributed by atoms with E-state index in [1.54, 1.807) is 28.0 Å². The average Bonchev–Trinajstić information content (AvgIpc) is 3.55. The van der Waals surface area contributed by atoms with Crippen molar-refractivity contribution in [3.05, 3.63) is 173 Å². The third kappa shape index (κ3) is 4.83. The minimum atomic E-state index is 0.0343. The third-order valence-electron chi connectivity index (χ3n) is 14.1. The van der Waals surface area contributed by atoms with Gasteiger partial charge >= 0.3 is 0 Å². The summed E-state index contributed by atoms with van der Waals surface area (Å²) >= 11 is 4.50. The number of allylic oxidation sites excluding steroid dienone is 20. The van der Waals surface area contributed by atoms with Crippen molar-refractivity contribution < 1.29 is 0 Å². The lowest BCUT2D eigenvalue weighted by molar-refractivity contribution is 0.125. The van der Waals surface area contributed by atoms with Crippen LogP contribution in [-0.2, 0) is 5.41 Å². The van der Waals surface area contributed by atoms with Crippen molar-refractivity contribution in [1.82, 2.24) is 4.90 Å². The van der Waals surface area contributed by atoms with Gasteiger partial charge in [0.05, 0.1) is 6.04 Å². The van der Waals surface area contributed by atoms with Gasteiger partial charge in [-0.3, -0.25) is 0 Å². The lowest BCUT2D eigenvalue weighted by Crippen LogP contribution is -2.62. The summed E-state index contributed by atoms with van der Waals surface area (Å²) in [6.07, 6.45) is 57.1. The topological polar surface area (TPSA) is 3.24 Å². The molecule has 7 aliphatic carbocycles. The molecular formula is C49H49NS2. The molecule has 0 saturated carbocycles. The van der Waals surface area contributed by atoms with Crippen LogP contribution in [0.4, 0.5) is 0 Å². The second-order valence-electron chi connectivity index (χ2n) is 16.6. The first-order chi connectivity index (χ1) is 25.8. The van der Waals surface area contributed by atoms with Crippen LogP contribution in [0.5, 0.6) is 0 Å². The molecule has 1 nitrogen and oxygen atoms in total. The molecule has 3 aliphatic heterocycles. The second kappa shape index (κ2) is 12.9. The first kappa shape index (κ1) is 32.1. The van der Waals surface area contributed by atoms with Crippen molar-refractivity contribution in [2.24, 2.45) is 35.5 Å². The van der Waals surface area contributed by atoms with E-state index in [9.17, 15) is 0 Å². The standard InChI is InChI=1S/C49H49NS2/c1-3-14-32(15-4-1)36-19-13-22-42-48(36)52-47-31-34(26-28-41(47)49(42)39-20-8-11-24-45(39)51-46-25-12-9-21-40(46)49)33-27-29-44-38(30-33)37-18-7-10-23-43(37)50(44)35-16-5-2-6-17-35/h2-3,5,7-9,11-16,18,20-22,24-30,34,36,38-39,41-42,44-45,47-48H,1,4,6,10,17,19,23,31H2. The Morgan fingerprint density at radius 3 is 2.58 bits per heavy atom. The second-order valence-corrected chi connectivity index (χ2v) is 19.2. The van der Waals surface area contributed by atoms with Crippen LogP contribution in [0.2, 0.25) is 0 Å². The lowest BCUT2D eigenvalue weighted by Gasteiger charge is -2.63. The minimum Gasteiger partial charge on any atom is -0.341 e. The molecule has 1 aromatic rings. The fourth-order valence-electron chi connectivity index (χ4n) is 12.1. The van der Waals surface area contributed by atoms with Crippen LogP contribution >= 0.6 is 23.5 Å². The summed E-state index contributed by atoms with van der Waals surface area (Å²) in [5.74, 6) is 2.94. The van der Waals surface area contributed by atoms with Gasteiger partial charge in [0.1, 0.15) is 0 Å². The van der Waals surface area contributed by atoms with E-state index in [4.69, 9.17) is 0 Å². The number of thioether (sulfide) groups is 2. The predicted molar refractivity (Wildman–Crippen MR) is 221 cm³/mol. The molecule has 0 radical (unpaired) electrons. The number of hydrogen-bond acceptors (Lipinski definition) is 3. The molecule has 0 N–H and O–H groups in total. The number of nitrogens with zero attached hydrogens (tertiary/aromatic N) is 1. The molecule has 11 rings (SSSR count). The minimum absolute atomic E-state index is 0.0343. The Balaban J connectivity index is 1.01. The molecule has 0 aromatic heterocycles. The Bertz CT molecular complexity index is 2040. The average molecular weight is 716 g/mol. The molecule has 1 spiro atoms. The Labute approximate surface area is 319 Å². The summed E-state index contributed by atoms with van der Waals surface area (Å²) in [7, 11) is 0. The first-order valence-electron chi connectivity index (χ1n) is 20.2. The Kier molecular flexibility index (Phi) is 7.94. The SMILES string of the molecule is C1=CCCC(N2C3=C(C=CCC3)C3C=C(C4C=CC5C(C4)SC4C(C6=CCCC=C6)CC=CC4C54c5ccccc5SC5C=CC=CC54)C=CC32)=C1. The van der Waals surface area contributed by atoms with Gasteiger partial charge in [-0.05, 0) is 97.6 Å². The molecule has 11 atom stereocenters. The number of fused-ring (bicyclic) bond motifs is 10. The highest BCUT2D eigenvalue weighted by atomic mass is 32.2. The van der Waals surface area contributed by atoms with Gasteiger partial charge in [-0.15, -0.1) is 11.8 Å². The van der Waals surface area contributed by atoms with E-state index in [2.05, 4.69) is 168 Å². The Morgan fingerprint density at radius 2 is 1.65 bits per heavy atom. The molecule has 0 amide bonds. The summed E-state index contributed by atoms with van der Waals surface area (Å²) in [5, 5.41) is 1.63. The normalized spacial score (nSPS) is 40.4. The van der Waals surface area contributed by atoms with Crippen LogP contribution in [0.25, 0.3) is 0 Å². The van der Waals surface area contributed by atoms with Crippen LogP contribution in [0.3, 0.4) is 0 Å². The maximum Gasteiger partial charge on any atom is 0.0623 e. The molecule has 10 aliphatic rings. The zero-order chi connectivity index (χ0) is 34.2. The van der Waals surface area contributed by atoms with E-state index in [1.807, 2.05) is 0 Å². The van der Waals surface area contributed by atoms with Crippen LogP contribution in [0.1, 0.15) is 56.9 Å². The van der Waals surface area contributed by atoms with E-state index in [0.717, 1.165) is 25.7 Å². The van der Waals surface area contributed by atoms with E-state index in [-0.39, 0.29) is 5.41 Å². The quantitative estimate of drug-likeness (QED) is 0.287. The van der Waals surface area contributed by atoms with Gasteiger partial charge in [0.25, 0.3) is 0 Å². The van der Waals surface area contributed by atoms with Crippen LogP contribution in [-0.4, -0.2) is 26.7 Å². The van der Waals surface area contributed by atoms with E-state index in [0.29, 0.717) is 57.3 Å². The summed E-state index contributed by atoms with van der Waals surface area (Å²) < 4.78 is 0. The van der Waals surface area contributed by atoms with Crippen molar-refractivity contribution in [2.45, 2.75) is 83.5 Å². The number of benzene rings is 1. The van der Waals surface area contributed by atoms with E-state index >= 15 is 0 Å². The maximum absolute atomic E-state index is 2.75. The third-order valence-corrected chi connectivity index (χ3v) is 17.2. The molecule has 3 heteroatoms. The van der Waals surface area contributed by atoms with Gasteiger partial charge in [-0.2, -0.15) is 11.8 Å². The molecule has 262 valence electrons. The Morgan fingerprint density at radius 1 is 0.731 bits per heavy atom. The molecule has 52 heavy (non-hydrogen) atoms. The fourth-order valence-corrected chi connectivity index (χ4v) is 15.7. The summed E-state index contributed by atoms with van der Waals surface area (Å²) in [6.45, 7) is 0. The van der Waals surface area contributed by atoms with Crippen molar-refractivity contribution in [3.63, 3.8) is 0 Å². The zero-order valence-electron chi connectivity index (χ0n) is 30.0. The van der Waals surface area contributed by atoms with Crippen LogP contribution in [0.15, 0.2) is 173 Å².